The smallest absolute Gasteiger partial charge is 0.164 e. The van der Waals surface area contributed by atoms with Gasteiger partial charge < -0.3 is 10.0 Å². The second-order valence-corrected chi connectivity index (χ2v) is 5.14. The van der Waals surface area contributed by atoms with Gasteiger partial charge in [0.1, 0.15) is 0 Å². The minimum Gasteiger partial charge on any atom is -0.388 e. The van der Waals surface area contributed by atoms with Crippen LogP contribution < -0.4 is 0 Å². The zero-order valence-electron chi connectivity index (χ0n) is 10.6. The standard InChI is InChI=1S/C14H19F2NO/c1-10-5-7-17(9-10)8-6-13(18)11-3-2-4-12(15)14(11)16/h2-4,10,13,18H,5-9H2,1H3. The van der Waals surface area contributed by atoms with Crippen molar-refractivity contribution >= 4 is 0 Å². The first kappa shape index (κ1) is 13.4. The van der Waals surface area contributed by atoms with Crippen LogP contribution in [-0.4, -0.2) is 29.6 Å². The zero-order valence-corrected chi connectivity index (χ0v) is 10.6. The van der Waals surface area contributed by atoms with Gasteiger partial charge in [0, 0.05) is 18.7 Å². The fourth-order valence-electron chi connectivity index (χ4n) is 2.47. The summed E-state index contributed by atoms with van der Waals surface area (Å²) < 4.78 is 26.5. The molecule has 0 amide bonds. The maximum atomic E-state index is 13.5. The van der Waals surface area contributed by atoms with Gasteiger partial charge in [0.05, 0.1) is 6.10 Å². The highest BCUT2D eigenvalue weighted by atomic mass is 19.2. The molecule has 0 aromatic heterocycles. The van der Waals surface area contributed by atoms with Crippen LogP contribution in [0.25, 0.3) is 0 Å². The monoisotopic (exact) mass is 255 g/mol. The topological polar surface area (TPSA) is 23.5 Å². The molecule has 0 bridgehead atoms. The maximum Gasteiger partial charge on any atom is 0.164 e. The predicted octanol–water partition coefficient (Wildman–Crippen LogP) is 2.73. The molecule has 1 aromatic carbocycles. The maximum absolute atomic E-state index is 13.5. The molecule has 4 heteroatoms. The quantitative estimate of drug-likeness (QED) is 0.894. The average molecular weight is 255 g/mol. The second kappa shape index (κ2) is 5.76. The van der Waals surface area contributed by atoms with E-state index < -0.39 is 17.7 Å². The van der Waals surface area contributed by atoms with Crippen LogP contribution in [0, 0.1) is 17.6 Å². The van der Waals surface area contributed by atoms with E-state index in [0.29, 0.717) is 12.3 Å². The third kappa shape index (κ3) is 3.06. The SMILES string of the molecule is CC1CCN(CCC(O)c2cccc(F)c2F)C1. The zero-order chi connectivity index (χ0) is 13.1. The molecule has 1 aromatic rings. The van der Waals surface area contributed by atoms with Gasteiger partial charge in [-0.2, -0.15) is 0 Å². The number of benzene rings is 1. The van der Waals surface area contributed by atoms with Crippen molar-refractivity contribution in [3.63, 3.8) is 0 Å². The fraction of sp³-hybridized carbons (Fsp3) is 0.571. The van der Waals surface area contributed by atoms with Crippen molar-refractivity contribution in [1.29, 1.82) is 0 Å². The average Bonchev–Trinajstić information content (AvgIpc) is 2.76. The van der Waals surface area contributed by atoms with E-state index in [0.717, 1.165) is 25.7 Å². The Kier molecular flexibility index (Phi) is 4.30. The molecule has 0 spiro atoms. The van der Waals surface area contributed by atoms with Gasteiger partial charge in [-0.25, -0.2) is 8.78 Å². The normalized spacial score (nSPS) is 22.3. The highest BCUT2D eigenvalue weighted by molar-refractivity contribution is 5.21. The molecule has 1 saturated heterocycles. The van der Waals surface area contributed by atoms with Crippen LogP contribution in [0.1, 0.15) is 31.4 Å². The van der Waals surface area contributed by atoms with E-state index in [1.165, 1.54) is 18.6 Å². The van der Waals surface area contributed by atoms with Gasteiger partial charge in [-0.15, -0.1) is 0 Å². The van der Waals surface area contributed by atoms with Gasteiger partial charge in [-0.05, 0) is 31.4 Å². The number of aliphatic hydroxyl groups is 1. The molecule has 100 valence electrons. The molecule has 2 atom stereocenters. The largest absolute Gasteiger partial charge is 0.388 e. The summed E-state index contributed by atoms with van der Waals surface area (Å²) in [6, 6.07) is 3.93. The highest BCUT2D eigenvalue weighted by Gasteiger charge is 2.21. The van der Waals surface area contributed by atoms with Crippen molar-refractivity contribution in [3.05, 3.63) is 35.4 Å². The van der Waals surface area contributed by atoms with E-state index in [1.54, 1.807) is 0 Å². The summed E-state index contributed by atoms with van der Waals surface area (Å²) in [4.78, 5) is 2.26. The number of aliphatic hydroxyl groups excluding tert-OH is 1. The van der Waals surface area contributed by atoms with Crippen molar-refractivity contribution < 1.29 is 13.9 Å². The predicted molar refractivity (Wildman–Crippen MR) is 66.2 cm³/mol. The number of halogens is 2. The Bertz CT molecular complexity index is 411. The fourth-order valence-corrected chi connectivity index (χ4v) is 2.47. The lowest BCUT2D eigenvalue weighted by atomic mass is 10.1. The number of hydrogen-bond donors (Lipinski definition) is 1. The summed E-state index contributed by atoms with van der Waals surface area (Å²) >= 11 is 0. The lowest BCUT2D eigenvalue weighted by molar-refractivity contribution is 0.143. The molecule has 1 aliphatic heterocycles. The lowest BCUT2D eigenvalue weighted by Crippen LogP contribution is -2.23. The Labute approximate surface area is 106 Å². The molecular formula is C14H19F2NO. The number of likely N-dealkylation sites (tertiary alicyclic amines) is 1. The van der Waals surface area contributed by atoms with Gasteiger partial charge in [0.2, 0.25) is 0 Å². The summed E-state index contributed by atoms with van der Waals surface area (Å²) in [5.41, 5.74) is 0.0576. The Hall–Kier alpha value is -1.00. The van der Waals surface area contributed by atoms with E-state index in [2.05, 4.69) is 11.8 Å². The molecule has 2 nitrogen and oxygen atoms in total. The van der Waals surface area contributed by atoms with Crippen molar-refractivity contribution in [3.8, 4) is 0 Å². The third-order valence-electron chi connectivity index (χ3n) is 3.57. The Morgan fingerprint density at radius 3 is 2.89 bits per heavy atom. The summed E-state index contributed by atoms with van der Waals surface area (Å²) in [5.74, 6) is -1.14. The Morgan fingerprint density at radius 1 is 1.44 bits per heavy atom. The first-order valence-electron chi connectivity index (χ1n) is 6.42. The van der Waals surface area contributed by atoms with E-state index in [1.807, 2.05) is 0 Å². The van der Waals surface area contributed by atoms with Gasteiger partial charge in [-0.3, -0.25) is 0 Å². The van der Waals surface area contributed by atoms with E-state index in [9.17, 15) is 13.9 Å². The molecule has 18 heavy (non-hydrogen) atoms. The van der Waals surface area contributed by atoms with Gasteiger partial charge in [0.25, 0.3) is 0 Å². The van der Waals surface area contributed by atoms with E-state index in [4.69, 9.17) is 0 Å². The molecule has 0 saturated carbocycles. The first-order chi connectivity index (χ1) is 8.58. The van der Waals surface area contributed by atoms with Crippen LogP contribution in [0.3, 0.4) is 0 Å². The summed E-state index contributed by atoms with van der Waals surface area (Å²) in [7, 11) is 0. The summed E-state index contributed by atoms with van der Waals surface area (Å²) in [6.07, 6.45) is 0.675. The van der Waals surface area contributed by atoms with Crippen LogP contribution in [0.2, 0.25) is 0 Å². The van der Waals surface area contributed by atoms with Crippen LogP contribution >= 0.6 is 0 Å². The Morgan fingerprint density at radius 2 is 2.22 bits per heavy atom. The number of hydrogen-bond acceptors (Lipinski definition) is 2. The van der Waals surface area contributed by atoms with E-state index in [-0.39, 0.29) is 5.56 Å². The summed E-state index contributed by atoms with van der Waals surface area (Å²) in [6.45, 7) is 4.97. The molecule has 1 heterocycles. The van der Waals surface area contributed by atoms with Crippen molar-refractivity contribution in [1.82, 2.24) is 4.90 Å². The molecule has 1 aliphatic rings. The molecule has 2 unspecified atom stereocenters. The lowest BCUT2D eigenvalue weighted by Gasteiger charge is -2.18. The van der Waals surface area contributed by atoms with Crippen LogP contribution in [0.5, 0.6) is 0 Å². The van der Waals surface area contributed by atoms with Crippen molar-refractivity contribution in [2.24, 2.45) is 5.92 Å². The first-order valence-corrected chi connectivity index (χ1v) is 6.42. The number of rotatable bonds is 4. The molecule has 0 radical (unpaired) electrons. The van der Waals surface area contributed by atoms with Gasteiger partial charge >= 0.3 is 0 Å². The van der Waals surface area contributed by atoms with Crippen molar-refractivity contribution in [2.45, 2.75) is 25.9 Å². The van der Waals surface area contributed by atoms with Gasteiger partial charge in [0.15, 0.2) is 11.6 Å². The molecule has 2 rings (SSSR count). The molecule has 1 fully saturated rings. The van der Waals surface area contributed by atoms with E-state index >= 15 is 0 Å². The van der Waals surface area contributed by atoms with Crippen LogP contribution in [0.15, 0.2) is 18.2 Å². The second-order valence-electron chi connectivity index (χ2n) is 5.14. The molecular weight excluding hydrogens is 236 g/mol. The number of nitrogens with zero attached hydrogens (tertiary/aromatic N) is 1. The minimum absolute atomic E-state index is 0.0576. The summed E-state index contributed by atoms with van der Waals surface area (Å²) in [5, 5.41) is 9.92. The molecule has 0 aliphatic carbocycles. The Balaban J connectivity index is 1.91. The van der Waals surface area contributed by atoms with Crippen molar-refractivity contribution in [2.75, 3.05) is 19.6 Å². The third-order valence-corrected chi connectivity index (χ3v) is 3.57. The molecule has 1 N–H and O–H groups in total. The van der Waals surface area contributed by atoms with Crippen LogP contribution in [-0.2, 0) is 0 Å². The van der Waals surface area contributed by atoms with Gasteiger partial charge in [-0.1, -0.05) is 19.1 Å². The highest BCUT2D eigenvalue weighted by Crippen LogP contribution is 2.23. The minimum atomic E-state index is -0.934. The van der Waals surface area contributed by atoms with Crippen LogP contribution in [0.4, 0.5) is 8.78 Å².